The molecular formula is C20H17ClN2O2S. The second-order valence-electron chi connectivity index (χ2n) is 5.59. The number of benzene rings is 2. The van der Waals surface area contributed by atoms with Crippen molar-refractivity contribution in [3.8, 4) is 0 Å². The van der Waals surface area contributed by atoms with Crippen molar-refractivity contribution in [3.05, 3.63) is 82.8 Å². The molecule has 0 unspecified atom stereocenters. The average molecular weight is 385 g/mol. The van der Waals surface area contributed by atoms with Crippen LogP contribution in [0.15, 0.2) is 77.1 Å². The molecule has 132 valence electrons. The smallest absolute Gasteiger partial charge is 0.265 e. The first-order valence-electron chi connectivity index (χ1n) is 8.02. The van der Waals surface area contributed by atoms with Gasteiger partial charge in [0.05, 0.1) is 17.1 Å². The van der Waals surface area contributed by atoms with E-state index in [1.807, 2.05) is 42.5 Å². The highest BCUT2D eigenvalue weighted by atomic mass is 35.5. The molecule has 0 spiro atoms. The Morgan fingerprint density at radius 1 is 1.19 bits per heavy atom. The molecule has 2 aromatic carbocycles. The van der Waals surface area contributed by atoms with Crippen molar-refractivity contribution >= 4 is 40.9 Å². The van der Waals surface area contributed by atoms with E-state index in [1.54, 1.807) is 17.0 Å². The number of carbonyl (C=O) groups excluding carboxylic acids is 2. The molecule has 0 aromatic heterocycles. The Bertz CT molecular complexity index is 895. The molecule has 0 saturated carbocycles. The number of nitrogens with one attached hydrogen (secondary N) is 1. The third-order valence-electron chi connectivity index (χ3n) is 3.80. The van der Waals surface area contributed by atoms with E-state index in [0.717, 1.165) is 16.1 Å². The summed E-state index contributed by atoms with van der Waals surface area (Å²) in [6.45, 7) is 4.25. The molecule has 0 saturated heterocycles. The van der Waals surface area contributed by atoms with E-state index >= 15 is 0 Å². The number of halogens is 1. The molecule has 2 aromatic rings. The Hall–Kier alpha value is -2.50. The minimum Gasteiger partial charge on any atom is -0.349 e. The fourth-order valence-corrected chi connectivity index (χ4v) is 3.78. The lowest BCUT2D eigenvalue weighted by molar-refractivity contribution is -0.117. The molecule has 0 atom stereocenters. The standard InChI is InChI=1S/C20H17ClN2O2S/c1-2-11-22-19(24)12-18-20(25)23(13-14-7-3-4-8-15(14)21)16-9-5-6-10-17(16)26-18/h2-10,12H,1,11,13H2,(H,22,24). The van der Waals surface area contributed by atoms with Gasteiger partial charge in [0, 0.05) is 22.5 Å². The Balaban J connectivity index is 1.95. The van der Waals surface area contributed by atoms with E-state index in [4.69, 9.17) is 11.6 Å². The molecule has 6 heteroatoms. The van der Waals surface area contributed by atoms with E-state index in [2.05, 4.69) is 11.9 Å². The number of carbonyl (C=O) groups is 2. The molecule has 3 rings (SSSR count). The number of hydrogen-bond donors (Lipinski definition) is 1. The molecule has 1 heterocycles. The maximum Gasteiger partial charge on any atom is 0.265 e. The summed E-state index contributed by atoms with van der Waals surface area (Å²) >= 11 is 7.56. The summed E-state index contributed by atoms with van der Waals surface area (Å²) in [5, 5.41) is 3.26. The molecule has 0 aliphatic carbocycles. The van der Waals surface area contributed by atoms with Crippen LogP contribution in [-0.2, 0) is 16.1 Å². The lowest BCUT2D eigenvalue weighted by Crippen LogP contribution is -2.34. The SMILES string of the molecule is C=CCNC(=O)C=C1Sc2ccccc2N(Cc2ccccc2Cl)C1=O. The van der Waals surface area contributed by atoms with E-state index < -0.39 is 0 Å². The van der Waals surface area contributed by atoms with Crippen LogP contribution < -0.4 is 10.2 Å². The first kappa shape index (κ1) is 18.3. The third-order valence-corrected chi connectivity index (χ3v) is 5.25. The van der Waals surface area contributed by atoms with Crippen LogP contribution in [0.5, 0.6) is 0 Å². The highest BCUT2D eigenvalue weighted by Gasteiger charge is 2.29. The van der Waals surface area contributed by atoms with Crippen LogP contribution in [0, 0.1) is 0 Å². The first-order valence-corrected chi connectivity index (χ1v) is 9.22. The maximum absolute atomic E-state index is 13.0. The normalized spacial score (nSPS) is 14.9. The number of fused-ring (bicyclic) bond motifs is 1. The van der Waals surface area contributed by atoms with Gasteiger partial charge in [0.15, 0.2) is 0 Å². The van der Waals surface area contributed by atoms with Gasteiger partial charge in [-0.3, -0.25) is 9.59 Å². The number of hydrogen-bond acceptors (Lipinski definition) is 3. The van der Waals surface area contributed by atoms with Crippen LogP contribution in [0.4, 0.5) is 5.69 Å². The largest absolute Gasteiger partial charge is 0.349 e. The average Bonchev–Trinajstić information content (AvgIpc) is 2.65. The highest BCUT2D eigenvalue weighted by molar-refractivity contribution is 8.04. The van der Waals surface area contributed by atoms with Gasteiger partial charge in [0.1, 0.15) is 0 Å². The van der Waals surface area contributed by atoms with Gasteiger partial charge in [0.2, 0.25) is 5.91 Å². The highest BCUT2D eigenvalue weighted by Crippen LogP contribution is 2.42. The fraction of sp³-hybridized carbons (Fsp3) is 0.100. The summed E-state index contributed by atoms with van der Waals surface area (Å²) in [5.41, 5.74) is 1.66. The van der Waals surface area contributed by atoms with Gasteiger partial charge in [-0.1, -0.05) is 59.8 Å². The minimum absolute atomic E-state index is 0.220. The second kappa shape index (κ2) is 8.25. The van der Waals surface area contributed by atoms with Crippen molar-refractivity contribution in [3.63, 3.8) is 0 Å². The predicted molar refractivity (Wildman–Crippen MR) is 106 cm³/mol. The monoisotopic (exact) mass is 384 g/mol. The number of para-hydroxylation sites is 1. The van der Waals surface area contributed by atoms with Crippen LogP contribution in [0.2, 0.25) is 5.02 Å². The van der Waals surface area contributed by atoms with Crippen LogP contribution in [-0.4, -0.2) is 18.4 Å². The molecule has 4 nitrogen and oxygen atoms in total. The van der Waals surface area contributed by atoms with Gasteiger partial charge in [-0.2, -0.15) is 0 Å². The Morgan fingerprint density at radius 2 is 1.92 bits per heavy atom. The van der Waals surface area contributed by atoms with Crippen LogP contribution in [0.25, 0.3) is 0 Å². The molecule has 0 bridgehead atoms. The summed E-state index contributed by atoms with van der Waals surface area (Å²) in [4.78, 5) is 28.0. The van der Waals surface area contributed by atoms with Crippen LogP contribution in [0.1, 0.15) is 5.56 Å². The summed E-state index contributed by atoms with van der Waals surface area (Å²) < 4.78 is 0. The Morgan fingerprint density at radius 3 is 2.69 bits per heavy atom. The lowest BCUT2D eigenvalue weighted by Gasteiger charge is -2.30. The van der Waals surface area contributed by atoms with Crippen molar-refractivity contribution < 1.29 is 9.59 Å². The number of thioether (sulfide) groups is 1. The van der Waals surface area contributed by atoms with Crippen molar-refractivity contribution in [2.45, 2.75) is 11.4 Å². The molecular weight excluding hydrogens is 368 g/mol. The maximum atomic E-state index is 13.0. The molecule has 1 aliphatic heterocycles. The van der Waals surface area contributed by atoms with Crippen molar-refractivity contribution in [2.75, 3.05) is 11.4 Å². The van der Waals surface area contributed by atoms with Gasteiger partial charge in [-0.25, -0.2) is 0 Å². The van der Waals surface area contributed by atoms with E-state index in [1.165, 1.54) is 17.8 Å². The zero-order chi connectivity index (χ0) is 18.5. The topological polar surface area (TPSA) is 49.4 Å². The molecule has 1 N–H and O–H groups in total. The van der Waals surface area contributed by atoms with Crippen molar-refractivity contribution in [1.82, 2.24) is 5.32 Å². The molecule has 0 fully saturated rings. The van der Waals surface area contributed by atoms with Gasteiger partial charge in [-0.05, 0) is 23.8 Å². The lowest BCUT2D eigenvalue weighted by atomic mass is 10.1. The number of rotatable bonds is 5. The summed E-state index contributed by atoms with van der Waals surface area (Å²) in [6, 6.07) is 15.0. The van der Waals surface area contributed by atoms with Gasteiger partial charge in [-0.15, -0.1) is 6.58 Å². The van der Waals surface area contributed by atoms with Gasteiger partial charge >= 0.3 is 0 Å². The number of nitrogens with zero attached hydrogens (tertiary/aromatic N) is 1. The molecule has 0 radical (unpaired) electrons. The summed E-state index contributed by atoms with van der Waals surface area (Å²) in [6.07, 6.45) is 2.93. The first-order chi connectivity index (χ1) is 12.6. The summed E-state index contributed by atoms with van der Waals surface area (Å²) in [5.74, 6) is -0.541. The van der Waals surface area contributed by atoms with Crippen molar-refractivity contribution in [1.29, 1.82) is 0 Å². The molecule has 1 aliphatic rings. The number of amides is 2. The summed E-state index contributed by atoms with van der Waals surface area (Å²) in [7, 11) is 0. The minimum atomic E-state index is -0.321. The zero-order valence-corrected chi connectivity index (χ0v) is 15.5. The van der Waals surface area contributed by atoms with E-state index in [0.29, 0.717) is 23.0 Å². The number of anilines is 1. The van der Waals surface area contributed by atoms with Crippen LogP contribution >= 0.6 is 23.4 Å². The quantitative estimate of drug-likeness (QED) is 0.622. The van der Waals surface area contributed by atoms with Crippen molar-refractivity contribution in [2.24, 2.45) is 0 Å². The van der Waals surface area contributed by atoms with E-state index in [-0.39, 0.29) is 11.8 Å². The predicted octanol–water partition coefficient (Wildman–Crippen LogP) is 4.17. The molecule has 2 amide bonds. The Kier molecular flexibility index (Phi) is 5.81. The molecule has 26 heavy (non-hydrogen) atoms. The Labute approximate surface area is 161 Å². The van der Waals surface area contributed by atoms with Crippen LogP contribution in [0.3, 0.4) is 0 Å². The van der Waals surface area contributed by atoms with E-state index in [9.17, 15) is 9.59 Å². The van der Waals surface area contributed by atoms with Gasteiger partial charge in [0.25, 0.3) is 5.91 Å². The third kappa shape index (κ3) is 4.00. The fourth-order valence-electron chi connectivity index (χ4n) is 2.56. The van der Waals surface area contributed by atoms with Gasteiger partial charge < -0.3 is 10.2 Å². The second-order valence-corrected chi connectivity index (χ2v) is 7.09. The zero-order valence-electron chi connectivity index (χ0n) is 13.9.